The van der Waals surface area contributed by atoms with Crippen LogP contribution in [0.2, 0.25) is 0 Å². The Bertz CT molecular complexity index is 607. The van der Waals surface area contributed by atoms with Crippen molar-refractivity contribution >= 4 is 27.3 Å². The van der Waals surface area contributed by atoms with Crippen LogP contribution >= 0.6 is 11.3 Å². The number of aromatic carboxylic acids is 1. The Kier molecular flexibility index (Phi) is 4.48. The zero-order valence-electron chi connectivity index (χ0n) is 11.3. The van der Waals surface area contributed by atoms with E-state index in [4.69, 9.17) is 9.84 Å². The van der Waals surface area contributed by atoms with Gasteiger partial charge in [-0.05, 0) is 31.2 Å². The van der Waals surface area contributed by atoms with Crippen LogP contribution in [-0.2, 0) is 14.8 Å². The van der Waals surface area contributed by atoms with Crippen molar-refractivity contribution in [1.82, 2.24) is 4.31 Å². The van der Waals surface area contributed by atoms with Gasteiger partial charge in [-0.25, -0.2) is 13.2 Å². The van der Waals surface area contributed by atoms with Gasteiger partial charge in [0.15, 0.2) is 0 Å². The minimum atomic E-state index is -3.80. The molecule has 2 rings (SSSR count). The van der Waals surface area contributed by atoms with E-state index in [0.717, 1.165) is 11.3 Å². The summed E-state index contributed by atoms with van der Waals surface area (Å²) in [6.07, 6.45) is 0.411. The molecule has 8 heteroatoms. The zero-order valence-corrected chi connectivity index (χ0v) is 13.0. The van der Waals surface area contributed by atoms with Crippen LogP contribution in [0.3, 0.4) is 0 Å². The van der Waals surface area contributed by atoms with Gasteiger partial charge in [0.2, 0.25) is 10.0 Å². The smallest absolute Gasteiger partial charge is 0.347 e. The normalized spacial score (nSPS) is 21.6. The number of nitrogens with zero attached hydrogens (tertiary/aromatic N) is 1. The summed E-state index contributed by atoms with van der Waals surface area (Å²) >= 11 is 0.945. The Morgan fingerprint density at radius 2 is 2.25 bits per heavy atom. The Morgan fingerprint density at radius 3 is 2.90 bits per heavy atom. The lowest BCUT2D eigenvalue weighted by atomic mass is 10.3. The monoisotopic (exact) mass is 319 g/mol. The van der Waals surface area contributed by atoms with Crippen molar-refractivity contribution in [3.63, 3.8) is 0 Å². The molecular weight excluding hydrogens is 302 g/mol. The topological polar surface area (TPSA) is 83.9 Å². The summed E-state index contributed by atoms with van der Waals surface area (Å²) in [5.41, 5.74) is 0.477. The van der Waals surface area contributed by atoms with E-state index in [1.807, 2.05) is 6.92 Å². The number of hydrogen-bond donors (Lipinski definition) is 1. The van der Waals surface area contributed by atoms with E-state index in [0.29, 0.717) is 25.1 Å². The van der Waals surface area contributed by atoms with Crippen molar-refractivity contribution in [2.75, 3.05) is 19.7 Å². The van der Waals surface area contributed by atoms with Gasteiger partial charge in [0.05, 0.1) is 6.10 Å². The first-order valence-electron chi connectivity index (χ1n) is 6.27. The summed E-state index contributed by atoms with van der Waals surface area (Å²) in [6, 6.07) is 0. The Labute approximate surface area is 122 Å². The third kappa shape index (κ3) is 2.88. The van der Waals surface area contributed by atoms with E-state index in [1.165, 1.54) is 4.31 Å². The number of hydrogen-bond acceptors (Lipinski definition) is 5. The highest BCUT2D eigenvalue weighted by molar-refractivity contribution is 7.89. The van der Waals surface area contributed by atoms with E-state index < -0.39 is 16.0 Å². The van der Waals surface area contributed by atoms with Gasteiger partial charge in [-0.2, -0.15) is 4.31 Å². The number of sulfonamides is 1. The number of ether oxygens (including phenoxy) is 1. The van der Waals surface area contributed by atoms with E-state index in [-0.39, 0.29) is 22.4 Å². The summed E-state index contributed by atoms with van der Waals surface area (Å²) in [5, 5.41) is 10.7. The lowest BCUT2D eigenvalue weighted by Gasteiger charge is -2.22. The van der Waals surface area contributed by atoms with Gasteiger partial charge in [0, 0.05) is 19.7 Å². The molecule has 1 aliphatic rings. The molecule has 0 spiro atoms. The minimum absolute atomic E-state index is 0.0795. The summed E-state index contributed by atoms with van der Waals surface area (Å²) in [6.45, 7) is 4.54. The third-order valence-electron chi connectivity index (χ3n) is 3.13. The van der Waals surface area contributed by atoms with Gasteiger partial charge in [0.25, 0.3) is 0 Å². The van der Waals surface area contributed by atoms with Crippen molar-refractivity contribution in [2.45, 2.75) is 31.3 Å². The van der Waals surface area contributed by atoms with Crippen molar-refractivity contribution in [3.8, 4) is 0 Å². The molecular formula is C12H17NO5S2. The fourth-order valence-electron chi connectivity index (χ4n) is 2.21. The Hall–Kier alpha value is -0.960. The molecule has 0 saturated carbocycles. The van der Waals surface area contributed by atoms with Crippen LogP contribution in [-0.4, -0.2) is 49.6 Å². The van der Waals surface area contributed by atoms with Crippen molar-refractivity contribution in [2.24, 2.45) is 0 Å². The van der Waals surface area contributed by atoms with E-state index in [9.17, 15) is 13.2 Å². The van der Waals surface area contributed by atoms with Crippen molar-refractivity contribution in [1.29, 1.82) is 0 Å². The SMILES string of the molecule is Cc1csc(C(=O)O)c1S(=O)(=O)N1CCCOC(C)C1. The molecule has 1 aromatic heterocycles. The van der Waals surface area contributed by atoms with Gasteiger partial charge in [-0.3, -0.25) is 0 Å². The lowest BCUT2D eigenvalue weighted by Crippen LogP contribution is -2.36. The molecule has 1 unspecified atom stereocenters. The zero-order chi connectivity index (χ0) is 14.9. The molecule has 6 nitrogen and oxygen atoms in total. The highest BCUT2D eigenvalue weighted by Gasteiger charge is 2.33. The minimum Gasteiger partial charge on any atom is -0.477 e. The lowest BCUT2D eigenvalue weighted by molar-refractivity contribution is 0.0698. The number of carbonyl (C=O) groups is 1. The second-order valence-electron chi connectivity index (χ2n) is 4.78. The van der Waals surface area contributed by atoms with E-state index in [2.05, 4.69) is 0 Å². The summed E-state index contributed by atoms with van der Waals surface area (Å²) in [4.78, 5) is 11.0. The quantitative estimate of drug-likeness (QED) is 0.914. The molecule has 20 heavy (non-hydrogen) atoms. The summed E-state index contributed by atoms with van der Waals surface area (Å²) < 4.78 is 32.2. The fraction of sp³-hybridized carbons (Fsp3) is 0.583. The van der Waals surface area contributed by atoms with E-state index >= 15 is 0 Å². The third-order valence-corrected chi connectivity index (χ3v) is 6.39. The molecule has 2 heterocycles. The van der Waals surface area contributed by atoms with Crippen LogP contribution < -0.4 is 0 Å². The largest absolute Gasteiger partial charge is 0.477 e. The molecule has 1 saturated heterocycles. The first-order chi connectivity index (χ1) is 9.34. The fourth-order valence-corrected chi connectivity index (χ4v) is 5.34. The van der Waals surface area contributed by atoms with Crippen molar-refractivity contribution in [3.05, 3.63) is 15.8 Å². The standard InChI is InChI=1S/C12H17NO5S2/c1-8-7-19-10(12(14)15)11(8)20(16,17)13-4-3-5-18-9(2)6-13/h7,9H,3-6H2,1-2H3,(H,14,15). The number of carboxylic acids is 1. The maximum atomic E-state index is 12.7. The molecule has 112 valence electrons. The number of thiophene rings is 1. The maximum absolute atomic E-state index is 12.7. The first-order valence-corrected chi connectivity index (χ1v) is 8.59. The molecule has 1 aliphatic heterocycles. The summed E-state index contributed by atoms with van der Waals surface area (Å²) in [5.74, 6) is -1.21. The molecule has 1 aromatic rings. The average molecular weight is 319 g/mol. The second-order valence-corrected chi connectivity index (χ2v) is 7.53. The highest BCUT2D eigenvalue weighted by atomic mass is 32.2. The predicted octanol–water partition coefficient (Wildman–Crippen LogP) is 1.55. The van der Waals surface area contributed by atoms with Crippen LogP contribution in [0.1, 0.15) is 28.6 Å². The van der Waals surface area contributed by atoms with Crippen LogP contribution in [0, 0.1) is 6.92 Å². The van der Waals surface area contributed by atoms with Gasteiger partial charge in [-0.1, -0.05) is 0 Å². The van der Waals surface area contributed by atoms with Gasteiger partial charge >= 0.3 is 5.97 Å². The van der Waals surface area contributed by atoms with Crippen LogP contribution in [0.5, 0.6) is 0 Å². The molecule has 1 N–H and O–H groups in total. The number of carboxylic acid groups (broad SMARTS) is 1. The highest BCUT2D eigenvalue weighted by Crippen LogP contribution is 2.30. The predicted molar refractivity (Wildman–Crippen MR) is 74.8 cm³/mol. The van der Waals surface area contributed by atoms with Crippen LogP contribution in [0.25, 0.3) is 0 Å². The molecule has 0 aliphatic carbocycles. The summed E-state index contributed by atoms with van der Waals surface area (Å²) in [7, 11) is -3.80. The number of aryl methyl sites for hydroxylation is 1. The van der Waals surface area contributed by atoms with Crippen LogP contribution in [0.4, 0.5) is 0 Å². The van der Waals surface area contributed by atoms with Crippen LogP contribution in [0.15, 0.2) is 10.3 Å². The van der Waals surface area contributed by atoms with Gasteiger partial charge in [-0.15, -0.1) is 11.3 Å². The van der Waals surface area contributed by atoms with E-state index in [1.54, 1.807) is 12.3 Å². The molecule has 1 atom stereocenters. The van der Waals surface area contributed by atoms with Gasteiger partial charge in [0.1, 0.15) is 9.77 Å². The molecule has 0 amide bonds. The molecule has 0 aromatic carbocycles. The average Bonchev–Trinajstić information content (AvgIpc) is 2.61. The first kappa shape index (κ1) is 15.4. The van der Waals surface area contributed by atoms with Gasteiger partial charge < -0.3 is 9.84 Å². The Balaban J connectivity index is 2.44. The number of rotatable bonds is 3. The Morgan fingerprint density at radius 1 is 1.55 bits per heavy atom. The molecule has 0 radical (unpaired) electrons. The van der Waals surface area contributed by atoms with Crippen molar-refractivity contribution < 1.29 is 23.1 Å². The molecule has 1 fully saturated rings. The maximum Gasteiger partial charge on any atom is 0.347 e. The molecule has 0 bridgehead atoms. The second kappa shape index (κ2) is 5.80.